The molecule has 0 saturated heterocycles. The highest BCUT2D eigenvalue weighted by Gasteiger charge is 2.12. The molecule has 0 unspecified atom stereocenters. The van der Waals surface area contributed by atoms with Crippen LogP contribution in [0.5, 0.6) is 0 Å². The first-order valence-electron chi connectivity index (χ1n) is 5.50. The number of aryl methyl sites for hydroxylation is 2. The molecule has 0 atom stereocenters. The highest BCUT2D eigenvalue weighted by atomic mass is 19.1. The van der Waals surface area contributed by atoms with Crippen molar-refractivity contribution in [3.63, 3.8) is 0 Å². The first-order valence-corrected chi connectivity index (χ1v) is 5.50. The Balaban J connectivity index is 2.66. The molecule has 0 aliphatic heterocycles. The number of nitrogens with zero attached hydrogens (tertiary/aromatic N) is 1. The van der Waals surface area contributed by atoms with Crippen LogP contribution in [-0.2, 0) is 0 Å². The van der Waals surface area contributed by atoms with Gasteiger partial charge >= 0.3 is 0 Å². The van der Waals surface area contributed by atoms with E-state index >= 15 is 0 Å². The summed E-state index contributed by atoms with van der Waals surface area (Å²) in [4.78, 5) is 10.3. The minimum Gasteiger partial charge on any atom is -0.258 e. The average Bonchev–Trinajstić information content (AvgIpc) is 2.33. The van der Waals surface area contributed by atoms with Gasteiger partial charge in [-0.05, 0) is 48.2 Å². The van der Waals surface area contributed by atoms with Gasteiger partial charge in [0, 0.05) is 12.1 Å². The number of nitro benzene ring substituents is 1. The maximum Gasteiger partial charge on any atom is 0.270 e. The van der Waals surface area contributed by atoms with Crippen LogP contribution < -0.4 is 0 Å². The molecule has 4 heteroatoms. The van der Waals surface area contributed by atoms with E-state index < -0.39 is 4.92 Å². The van der Waals surface area contributed by atoms with E-state index in [1.165, 1.54) is 24.3 Å². The summed E-state index contributed by atoms with van der Waals surface area (Å²) >= 11 is 0. The van der Waals surface area contributed by atoms with E-state index in [2.05, 4.69) is 0 Å². The maximum atomic E-state index is 13.3. The molecule has 0 amide bonds. The lowest BCUT2D eigenvalue weighted by Gasteiger charge is -2.09. The topological polar surface area (TPSA) is 43.1 Å². The third-order valence-electron chi connectivity index (χ3n) is 2.92. The predicted molar refractivity (Wildman–Crippen MR) is 68.0 cm³/mol. The fourth-order valence-electron chi connectivity index (χ4n) is 1.90. The van der Waals surface area contributed by atoms with Crippen LogP contribution in [0.4, 0.5) is 10.1 Å². The second-order valence-corrected chi connectivity index (χ2v) is 4.22. The summed E-state index contributed by atoms with van der Waals surface area (Å²) in [5, 5.41) is 10.8. The molecule has 2 rings (SSSR count). The number of hydrogen-bond donors (Lipinski definition) is 0. The predicted octanol–water partition coefficient (Wildman–Crippen LogP) is 4.02. The van der Waals surface area contributed by atoms with Gasteiger partial charge in [0.1, 0.15) is 5.82 Å². The number of nitro groups is 1. The Morgan fingerprint density at radius 1 is 1.00 bits per heavy atom. The molecular formula is C14H12FNO2. The highest BCUT2D eigenvalue weighted by molar-refractivity contribution is 5.72. The second kappa shape index (κ2) is 4.56. The van der Waals surface area contributed by atoms with Crippen LogP contribution in [0.25, 0.3) is 11.1 Å². The van der Waals surface area contributed by atoms with Gasteiger partial charge in [-0.2, -0.15) is 0 Å². The third-order valence-corrected chi connectivity index (χ3v) is 2.92. The van der Waals surface area contributed by atoms with Crippen molar-refractivity contribution in [3.8, 4) is 11.1 Å². The summed E-state index contributed by atoms with van der Waals surface area (Å²) in [6, 6.07) is 9.07. The van der Waals surface area contributed by atoms with Crippen LogP contribution in [0.2, 0.25) is 0 Å². The van der Waals surface area contributed by atoms with Crippen LogP contribution in [0.15, 0.2) is 36.4 Å². The molecule has 0 N–H and O–H groups in total. The Morgan fingerprint density at radius 2 is 1.56 bits per heavy atom. The van der Waals surface area contributed by atoms with Crippen molar-refractivity contribution in [3.05, 3.63) is 63.5 Å². The minimum absolute atomic E-state index is 0.0132. The highest BCUT2D eigenvalue weighted by Crippen LogP contribution is 2.30. The fourth-order valence-corrected chi connectivity index (χ4v) is 1.90. The second-order valence-electron chi connectivity index (χ2n) is 4.22. The van der Waals surface area contributed by atoms with Gasteiger partial charge in [0.25, 0.3) is 5.69 Å². The summed E-state index contributed by atoms with van der Waals surface area (Å²) in [5.41, 5.74) is 3.17. The van der Waals surface area contributed by atoms with Crippen LogP contribution >= 0.6 is 0 Å². The fraction of sp³-hybridized carbons (Fsp3) is 0.143. The number of halogens is 1. The molecule has 2 aromatic rings. The van der Waals surface area contributed by atoms with E-state index in [0.29, 0.717) is 11.1 Å². The lowest BCUT2D eigenvalue weighted by Crippen LogP contribution is -1.92. The quantitative estimate of drug-likeness (QED) is 0.592. The van der Waals surface area contributed by atoms with Crippen LogP contribution in [0.3, 0.4) is 0 Å². The monoisotopic (exact) mass is 245 g/mol. The van der Waals surface area contributed by atoms with Crippen LogP contribution in [0, 0.1) is 29.8 Å². The maximum absolute atomic E-state index is 13.3. The van der Waals surface area contributed by atoms with Crippen molar-refractivity contribution in [2.75, 3.05) is 0 Å². The van der Waals surface area contributed by atoms with Crippen molar-refractivity contribution < 1.29 is 9.31 Å². The summed E-state index contributed by atoms with van der Waals surface area (Å²) in [6.45, 7) is 3.70. The molecule has 92 valence electrons. The number of hydrogen-bond acceptors (Lipinski definition) is 2. The van der Waals surface area contributed by atoms with E-state index in [0.717, 1.165) is 11.1 Å². The Kier molecular flexibility index (Phi) is 3.10. The van der Waals surface area contributed by atoms with E-state index in [-0.39, 0.29) is 11.5 Å². The van der Waals surface area contributed by atoms with Crippen molar-refractivity contribution in [1.82, 2.24) is 0 Å². The molecule has 0 fully saturated rings. The van der Waals surface area contributed by atoms with E-state index in [4.69, 9.17) is 0 Å². The van der Waals surface area contributed by atoms with Crippen molar-refractivity contribution in [2.45, 2.75) is 13.8 Å². The molecule has 18 heavy (non-hydrogen) atoms. The number of rotatable bonds is 2. The first-order chi connectivity index (χ1) is 8.49. The molecule has 0 saturated carbocycles. The minimum atomic E-state index is -0.447. The van der Waals surface area contributed by atoms with E-state index in [1.807, 2.05) is 13.8 Å². The molecular weight excluding hydrogens is 233 g/mol. The zero-order chi connectivity index (χ0) is 13.3. The first kappa shape index (κ1) is 12.2. The lowest BCUT2D eigenvalue weighted by atomic mass is 9.96. The zero-order valence-corrected chi connectivity index (χ0v) is 10.1. The van der Waals surface area contributed by atoms with Crippen molar-refractivity contribution in [1.29, 1.82) is 0 Å². The largest absolute Gasteiger partial charge is 0.270 e. The Hall–Kier alpha value is -2.23. The van der Waals surface area contributed by atoms with Crippen molar-refractivity contribution in [2.24, 2.45) is 0 Å². The van der Waals surface area contributed by atoms with E-state index in [1.54, 1.807) is 12.1 Å². The molecule has 0 aliphatic rings. The molecule has 0 aromatic heterocycles. The molecule has 0 radical (unpaired) electrons. The van der Waals surface area contributed by atoms with Gasteiger partial charge in [-0.15, -0.1) is 0 Å². The third kappa shape index (κ3) is 2.22. The van der Waals surface area contributed by atoms with Crippen LogP contribution in [0.1, 0.15) is 11.1 Å². The van der Waals surface area contributed by atoms with Crippen molar-refractivity contribution >= 4 is 5.69 Å². The standard InChI is InChI=1S/C14H12FNO2/c1-9-3-5-11(15)7-13(9)14-8-12(16(17)18)6-4-10(14)2/h3-8H,1-2H3. The van der Waals surface area contributed by atoms with Gasteiger partial charge < -0.3 is 0 Å². The molecule has 0 heterocycles. The van der Waals surface area contributed by atoms with Gasteiger partial charge in [-0.25, -0.2) is 4.39 Å². The molecule has 2 aromatic carbocycles. The average molecular weight is 245 g/mol. The lowest BCUT2D eigenvalue weighted by molar-refractivity contribution is -0.384. The van der Waals surface area contributed by atoms with E-state index in [9.17, 15) is 14.5 Å². The Morgan fingerprint density at radius 3 is 2.17 bits per heavy atom. The SMILES string of the molecule is Cc1ccc(F)cc1-c1cc([N+](=O)[O-])ccc1C. The molecule has 0 aliphatic carbocycles. The molecule has 0 bridgehead atoms. The molecule has 0 spiro atoms. The van der Waals surface area contributed by atoms with Gasteiger partial charge in [0.05, 0.1) is 4.92 Å². The van der Waals surface area contributed by atoms with Crippen LogP contribution in [-0.4, -0.2) is 4.92 Å². The van der Waals surface area contributed by atoms with Gasteiger partial charge in [0.15, 0.2) is 0 Å². The Bertz CT molecular complexity index is 623. The van der Waals surface area contributed by atoms with Gasteiger partial charge in [-0.3, -0.25) is 10.1 Å². The number of benzene rings is 2. The summed E-state index contributed by atoms with van der Waals surface area (Å²) in [6.07, 6.45) is 0. The summed E-state index contributed by atoms with van der Waals surface area (Å²) < 4.78 is 13.3. The number of non-ortho nitro benzene ring substituents is 1. The van der Waals surface area contributed by atoms with Gasteiger partial charge in [0.2, 0.25) is 0 Å². The summed E-state index contributed by atoms with van der Waals surface area (Å²) in [7, 11) is 0. The normalized spacial score (nSPS) is 10.4. The zero-order valence-electron chi connectivity index (χ0n) is 10.1. The molecule has 3 nitrogen and oxygen atoms in total. The Labute approximate surface area is 104 Å². The van der Waals surface area contributed by atoms with Gasteiger partial charge in [-0.1, -0.05) is 12.1 Å². The summed E-state index contributed by atoms with van der Waals surface area (Å²) in [5.74, 6) is -0.346. The smallest absolute Gasteiger partial charge is 0.258 e.